The number of likely N-dealkylation sites (N-methyl/N-ethyl adjacent to an activating group) is 2. The van der Waals surface area contributed by atoms with Crippen molar-refractivity contribution in [1.82, 2.24) is 24.6 Å². The molecule has 3 N–H and O–H groups in total. The van der Waals surface area contributed by atoms with Crippen molar-refractivity contribution < 1.29 is 19.1 Å². The summed E-state index contributed by atoms with van der Waals surface area (Å²) in [5.74, 6) is -0.970. The second kappa shape index (κ2) is 14.2. The molecule has 0 aliphatic carbocycles. The zero-order valence-corrected chi connectivity index (χ0v) is 26.1. The van der Waals surface area contributed by atoms with Gasteiger partial charge in [-0.05, 0) is 56.6 Å². The number of hydrogen-bond donors (Lipinski definition) is 3. The minimum atomic E-state index is -0.892. The third-order valence-electron chi connectivity index (χ3n) is 5.93. The molecule has 0 aliphatic heterocycles. The number of amides is 1. The van der Waals surface area contributed by atoms with Crippen LogP contribution in [0.2, 0.25) is 5.02 Å². The Morgan fingerprint density at radius 1 is 1.19 bits per heavy atom. The lowest BCUT2D eigenvalue weighted by Gasteiger charge is -2.25. The molecule has 0 radical (unpaired) electrons. The van der Waals surface area contributed by atoms with Crippen LogP contribution < -0.4 is 15.5 Å². The number of fused-ring (bicyclic) bond motifs is 1. The molecule has 0 saturated heterocycles. The number of aromatic nitrogens is 4. The molecule has 0 atom stereocenters. The fourth-order valence-electron chi connectivity index (χ4n) is 3.79. The summed E-state index contributed by atoms with van der Waals surface area (Å²) in [7, 11) is 5.89. The largest absolute Gasteiger partial charge is 0.481 e. The van der Waals surface area contributed by atoms with E-state index in [1.54, 1.807) is 12.1 Å². The van der Waals surface area contributed by atoms with E-state index < -0.39 is 11.8 Å². The van der Waals surface area contributed by atoms with Crippen LogP contribution in [-0.4, -0.2) is 81.6 Å². The first-order chi connectivity index (χ1) is 20.0. The van der Waals surface area contributed by atoms with E-state index in [0.717, 1.165) is 12.2 Å². The molecule has 0 fully saturated rings. The molecular weight excluding hydrogens is 623 g/mol. The van der Waals surface area contributed by atoms with Crippen LogP contribution in [0.4, 0.5) is 27.3 Å². The predicted molar refractivity (Wildman–Crippen MR) is 169 cm³/mol. The van der Waals surface area contributed by atoms with Crippen LogP contribution in [0.25, 0.3) is 10.9 Å². The number of nitrogens with zero attached hydrogens (tertiary/aromatic N) is 6. The van der Waals surface area contributed by atoms with Crippen LogP contribution in [0.1, 0.15) is 6.42 Å². The minimum absolute atomic E-state index is 0.00165. The van der Waals surface area contributed by atoms with Gasteiger partial charge in [-0.2, -0.15) is 5.10 Å². The molecule has 0 saturated carbocycles. The summed E-state index contributed by atoms with van der Waals surface area (Å²) in [5, 5.41) is 20.0. The number of carbonyl (C=O) groups is 2. The Kier molecular flexibility index (Phi) is 10.7. The van der Waals surface area contributed by atoms with Crippen LogP contribution >= 0.6 is 46.9 Å². The number of benzene rings is 2. The van der Waals surface area contributed by atoms with Crippen LogP contribution in [0.5, 0.6) is 0 Å². The quantitative estimate of drug-likeness (QED) is 0.128. The van der Waals surface area contributed by atoms with E-state index in [-0.39, 0.29) is 23.9 Å². The molecule has 222 valence electrons. The number of nitrogens with one attached hydrogen (secondary N) is 2. The van der Waals surface area contributed by atoms with Gasteiger partial charge in [0.1, 0.15) is 24.5 Å². The highest BCUT2D eigenvalue weighted by Gasteiger charge is 2.17. The number of rotatable bonds is 13. The van der Waals surface area contributed by atoms with Gasteiger partial charge >= 0.3 is 5.97 Å². The van der Waals surface area contributed by atoms with Gasteiger partial charge in [-0.25, -0.2) is 19.0 Å². The Balaban J connectivity index is 1.63. The molecule has 2 heterocycles. The lowest BCUT2D eigenvalue weighted by atomic mass is 10.1. The van der Waals surface area contributed by atoms with Gasteiger partial charge in [0, 0.05) is 37.0 Å². The first-order valence-electron chi connectivity index (χ1n) is 12.6. The van der Waals surface area contributed by atoms with E-state index in [1.807, 2.05) is 32.1 Å². The molecule has 4 rings (SSSR count). The normalized spacial score (nSPS) is 11.2. The third-order valence-corrected chi connectivity index (χ3v) is 8.66. The lowest BCUT2D eigenvalue weighted by molar-refractivity contribution is -0.136. The number of aliphatic carboxylic acids is 1. The first-order valence-corrected chi connectivity index (χ1v) is 15.2. The van der Waals surface area contributed by atoms with E-state index in [9.17, 15) is 14.0 Å². The molecule has 0 spiro atoms. The number of hydrogen-bond acceptors (Lipinski definition) is 11. The molecule has 2 aromatic heterocycles. The van der Waals surface area contributed by atoms with E-state index in [4.69, 9.17) is 28.9 Å². The molecule has 0 unspecified atom stereocenters. The summed E-state index contributed by atoms with van der Waals surface area (Å²) in [5.41, 5.74) is 2.45. The van der Waals surface area contributed by atoms with E-state index in [0.29, 0.717) is 48.7 Å². The molecule has 42 heavy (non-hydrogen) atoms. The van der Waals surface area contributed by atoms with E-state index in [1.165, 1.54) is 46.2 Å². The Morgan fingerprint density at radius 3 is 2.69 bits per heavy atom. The van der Waals surface area contributed by atoms with Crippen LogP contribution in [0.15, 0.2) is 41.0 Å². The first kappa shape index (κ1) is 31.6. The fourth-order valence-corrected chi connectivity index (χ4v) is 6.30. The van der Waals surface area contributed by atoms with Gasteiger partial charge in [0.2, 0.25) is 5.91 Å². The van der Waals surface area contributed by atoms with Crippen LogP contribution in [-0.2, 0) is 16.1 Å². The van der Waals surface area contributed by atoms with Crippen molar-refractivity contribution in [2.45, 2.75) is 17.3 Å². The number of halogens is 2. The van der Waals surface area contributed by atoms with Gasteiger partial charge in [0.05, 0.1) is 28.3 Å². The van der Waals surface area contributed by atoms with Gasteiger partial charge < -0.3 is 25.5 Å². The van der Waals surface area contributed by atoms with Gasteiger partial charge in [-0.15, -0.1) is 0 Å². The monoisotopic (exact) mass is 650 g/mol. The van der Waals surface area contributed by atoms with Gasteiger partial charge in [0.15, 0.2) is 8.29 Å². The van der Waals surface area contributed by atoms with Crippen LogP contribution in [0, 0.1) is 9.77 Å². The number of carboxylic acid groups (broad SMARTS) is 1. The summed E-state index contributed by atoms with van der Waals surface area (Å²) in [4.78, 5) is 36.9. The van der Waals surface area contributed by atoms with Crippen molar-refractivity contribution >= 4 is 92.6 Å². The second-order valence-corrected chi connectivity index (χ2v) is 12.8. The van der Waals surface area contributed by atoms with Crippen LogP contribution in [0.3, 0.4) is 0 Å². The van der Waals surface area contributed by atoms with Crippen molar-refractivity contribution in [2.75, 3.05) is 55.5 Å². The van der Waals surface area contributed by atoms with Gasteiger partial charge in [-0.1, -0.05) is 34.7 Å². The Morgan fingerprint density at radius 2 is 1.98 bits per heavy atom. The minimum Gasteiger partial charge on any atom is -0.481 e. The predicted octanol–water partition coefficient (Wildman–Crippen LogP) is 5.36. The number of carbonyl (C=O) groups excluding carboxylic acids is 1. The van der Waals surface area contributed by atoms with E-state index in [2.05, 4.69) is 30.6 Å². The van der Waals surface area contributed by atoms with Crippen molar-refractivity contribution in [2.24, 2.45) is 0 Å². The summed E-state index contributed by atoms with van der Waals surface area (Å²) >= 11 is 13.8. The average Bonchev–Trinajstić information content (AvgIpc) is 3.27. The second-order valence-electron chi connectivity index (χ2n) is 9.42. The molecular formula is C26H28ClFN8O3S3. The molecule has 11 nitrogen and oxygen atoms in total. The molecule has 0 bridgehead atoms. The summed E-state index contributed by atoms with van der Waals surface area (Å²) in [6.45, 7) is 1.33. The SMILES string of the molecule is CN(C)CCN(C)c1cc2ncnc(Nc3ccc(F)c(Cl)c3)c2cc1NC(=O)Cn1nc(SCCC(=O)O)sc1=S. The topological polar surface area (TPSA) is 129 Å². The van der Waals surface area contributed by atoms with Crippen molar-refractivity contribution in [3.63, 3.8) is 0 Å². The van der Waals surface area contributed by atoms with E-state index >= 15 is 0 Å². The zero-order valence-electron chi connectivity index (χ0n) is 22.9. The molecule has 1 amide bonds. The van der Waals surface area contributed by atoms with Crippen molar-refractivity contribution in [3.8, 4) is 0 Å². The lowest BCUT2D eigenvalue weighted by Crippen LogP contribution is -2.29. The number of thioether (sulfide) groups is 1. The third kappa shape index (κ3) is 8.35. The Bertz CT molecular complexity index is 1670. The summed E-state index contributed by atoms with van der Waals surface area (Å²) in [6.07, 6.45) is 1.42. The highest BCUT2D eigenvalue weighted by Crippen LogP contribution is 2.34. The fraction of sp³-hybridized carbons (Fsp3) is 0.308. The summed E-state index contributed by atoms with van der Waals surface area (Å²) < 4.78 is 16.1. The number of anilines is 4. The average molecular weight is 651 g/mol. The zero-order chi connectivity index (χ0) is 30.4. The summed E-state index contributed by atoms with van der Waals surface area (Å²) in [6, 6.07) is 7.93. The highest BCUT2D eigenvalue weighted by molar-refractivity contribution is 8.01. The molecule has 2 aromatic carbocycles. The Labute approximate surface area is 259 Å². The molecule has 16 heteroatoms. The molecule has 4 aromatic rings. The van der Waals surface area contributed by atoms with Gasteiger partial charge in [-0.3, -0.25) is 9.59 Å². The smallest absolute Gasteiger partial charge is 0.304 e. The highest BCUT2D eigenvalue weighted by atomic mass is 35.5. The number of carboxylic acids is 1. The maximum atomic E-state index is 13.7. The van der Waals surface area contributed by atoms with Gasteiger partial charge in [0.25, 0.3) is 0 Å². The van der Waals surface area contributed by atoms with Crippen molar-refractivity contribution in [1.29, 1.82) is 0 Å². The van der Waals surface area contributed by atoms with Crippen molar-refractivity contribution in [3.05, 3.63) is 51.5 Å². The Hall–Kier alpha value is -3.37. The maximum absolute atomic E-state index is 13.7. The maximum Gasteiger partial charge on any atom is 0.304 e. The standard InChI is InChI=1S/C26H28ClFN8O3S3/c1-34(2)7-8-35(3)21-12-19-16(24(30-14-29-19)31-15-4-5-18(28)17(27)10-15)11-20(21)32-22(37)13-36-26(40)42-25(33-36)41-9-6-23(38)39/h4-5,10-12,14H,6-9,13H2,1-3H3,(H,32,37)(H,38,39)(H,29,30,31). The molecule has 0 aliphatic rings.